The summed E-state index contributed by atoms with van der Waals surface area (Å²) in [4.78, 5) is 13.4. The number of anilines is 1. The summed E-state index contributed by atoms with van der Waals surface area (Å²) < 4.78 is 5.71. The van der Waals surface area contributed by atoms with Gasteiger partial charge in [0.2, 0.25) is 0 Å². The van der Waals surface area contributed by atoms with Crippen LogP contribution in [0.3, 0.4) is 0 Å². The van der Waals surface area contributed by atoms with Crippen LogP contribution in [0.2, 0.25) is 5.02 Å². The summed E-state index contributed by atoms with van der Waals surface area (Å²) in [7, 11) is 1.81. The Kier molecular flexibility index (Phi) is 6.55. The molecule has 0 spiro atoms. The zero-order valence-corrected chi connectivity index (χ0v) is 15.7. The van der Waals surface area contributed by atoms with Crippen molar-refractivity contribution >= 4 is 23.4 Å². The molecule has 26 heavy (non-hydrogen) atoms. The molecular formula is C19H24ClN5O. The number of aromatic nitrogens is 1. The second kappa shape index (κ2) is 9.29. The van der Waals surface area contributed by atoms with Gasteiger partial charge in [0, 0.05) is 44.4 Å². The Morgan fingerprint density at radius 1 is 1.19 bits per heavy atom. The standard InChI is InChI=1S/C19H24ClN5O/c1-21-19(23-9-14-26-17-6-4-5-16(20)15-17)25-12-10-24(11-13-25)18-7-2-3-8-22-18/h2-8,15H,9-14H2,1H3,(H,21,23). The molecule has 2 aromatic rings. The summed E-state index contributed by atoms with van der Waals surface area (Å²) in [6, 6.07) is 13.4. The quantitative estimate of drug-likeness (QED) is 0.496. The Balaban J connectivity index is 1.42. The highest BCUT2D eigenvalue weighted by atomic mass is 35.5. The number of hydrogen-bond acceptors (Lipinski definition) is 4. The normalized spacial score (nSPS) is 15.1. The van der Waals surface area contributed by atoms with Gasteiger partial charge in [-0.2, -0.15) is 0 Å². The van der Waals surface area contributed by atoms with Gasteiger partial charge >= 0.3 is 0 Å². The number of piperazine rings is 1. The van der Waals surface area contributed by atoms with Crippen LogP contribution in [-0.4, -0.2) is 62.2 Å². The highest BCUT2D eigenvalue weighted by Gasteiger charge is 2.20. The van der Waals surface area contributed by atoms with Crippen LogP contribution in [0.25, 0.3) is 0 Å². The highest BCUT2D eigenvalue weighted by Crippen LogP contribution is 2.16. The fourth-order valence-electron chi connectivity index (χ4n) is 2.91. The van der Waals surface area contributed by atoms with Gasteiger partial charge in [0.05, 0.1) is 6.54 Å². The molecular weight excluding hydrogens is 350 g/mol. The van der Waals surface area contributed by atoms with Gasteiger partial charge in [-0.05, 0) is 30.3 Å². The first-order valence-corrected chi connectivity index (χ1v) is 9.14. The van der Waals surface area contributed by atoms with Crippen LogP contribution in [0.4, 0.5) is 5.82 Å². The van der Waals surface area contributed by atoms with Crippen molar-refractivity contribution in [2.24, 2.45) is 4.99 Å². The molecule has 138 valence electrons. The first-order chi connectivity index (χ1) is 12.8. The van der Waals surface area contributed by atoms with E-state index in [9.17, 15) is 0 Å². The number of ether oxygens (including phenoxy) is 1. The van der Waals surface area contributed by atoms with Gasteiger partial charge in [-0.1, -0.05) is 23.7 Å². The maximum absolute atomic E-state index is 5.96. The fraction of sp³-hybridized carbons (Fsp3) is 0.368. The maximum Gasteiger partial charge on any atom is 0.193 e. The Labute approximate surface area is 159 Å². The zero-order chi connectivity index (χ0) is 18.2. The van der Waals surface area contributed by atoms with Gasteiger partial charge in [0.15, 0.2) is 5.96 Å². The third kappa shape index (κ3) is 5.02. The van der Waals surface area contributed by atoms with Crippen molar-refractivity contribution in [1.82, 2.24) is 15.2 Å². The van der Waals surface area contributed by atoms with Crippen molar-refractivity contribution < 1.29 is 4.74 Å². The summed E-state index contributed by atoms with van der Waals surface area (Å²) >= 11 is 5.96. The minimum atomic E-state index is 0.549. The summed E-state index contributed by atoms with van der Waals surface area (Å²) in [6.07, 6.45) is 1.84. The van der Waals surface area contributed by atoms with Gasteiger partial charge < -0.3 is 19.9 Å². The molecule has 0 atom stereocenters. The number of guanidine groups is 1. The van der Waals surface area contributed by atoms with Crippen molar-refractivity contribution in [1.29, 1.82) is 0 Å². The number of rotatable bonds is 5. The predicted molar refractivity (Wildman–Crippen MR) is 106 cm³/mol. The largest absolute Gasteiger partial charge is 0.492 e. The molecule has 1 aliphatic rings. The van der Waals surface area contributed by atoms with Crippen molar-refractivity contribution in [2.75, 3.05) is 51.3 Å². The molecule has 1 saturated heterocycles. The third-order valence-electron chi connectivity index (χ3n) is 4.21. The first-order valence-electron chi connectivity index (χ1n) is 8.76. The molecule has 0 bridgehead atoms. The lowest BCUT2D eigenvalue weighted by atomic mass is 10.3. The second-order valence-corrected chi connectivity index (χ2v) is 6.38. The number of nitrogens with one attached hydrogen (secondary N) is 1. The Bertz CT molecular complexity index is 717. The van der Waals surface area contributed by atoms with Crippen LogP contribution in [-0.2, 0) is 0 Å². The molecule has 0 saturated carbocycles. The molecule has 1 aliphatic heterocycles. The number of aliphatic imine (C=N–C) groups is 1. The number of benzene rings is 1. The van der Waals surface area contributed by atoms with E-state index in [1.807, 2.05) is 49.6 Å². The van der Waals surface area contributed by atoms with E-state index in [4.69, 9.17) is 16.3 Å². The maximum atomic E-state index is 5.96. The fourth-order valence-corrected chi connectivity index (χ4v) is 3.09. The lowest BCUT2D eigenvalue weighted by Gasteiger charge is -2.37. The molecule has 1 N–H and O–H groups in total. The van der Waals surface area contributed by atoms with Crippen molar-refractivity contribution in [3.05, 3.63) is 53.7 Å². The Morgan fingerprint density at radius 2 is 2.04 bits per heavy atom. The zero-order valence-electron chi connectivity index (χ0n) is 14.9. The van der Waals surface area contributed by atoms with Gasteiger partial charge in [-0.15, -0.1) is 0 Å². The molecule has 7 heteroatoms. The molecule has 2 heterocycles. The smallest absolute Gasteiger partial charge is 0.193 e. The summed E-state index contributed by atoms with van der Waals surface area (Å²) in [5.41, 5.74) is 0. The van der Waals surface area contributed by atoms with Crippen LogP contribution in [0, 0.1) is 0 Å². The monoisotopic (exact) mass is 373 g/mol. The number of pyridine rings is 1. The first kappa shape index (κ1) is 18.3. The minimum Gasteiger partial charge on any atom is -0.492 e. The van der Waals surface area contributed by atoms with Gasteiger partial charge in [-0.3, -0.25) is 4.99 Å². The molecule has 1 aromatic carbocycles. The van der Waals surface area contributed by atoms with Crippen LogP contribution in [0.5, 0.6) is 5.75 Å². The van der Waals surface area contributed by atoms with Crippen LogP contribution in [0.15, 0.2) is 53.7 Å². The van der Waals surface area contributed by atoms with E-state index in [1.54, 1.807) is 0 Å². The summed E-state index contributed by atoms with van der Waals surface area (Å²) in [5.74, 6) is 2.71. The SMILES string of the molecule is CN=C(NCCOc1cccc(Cl)c1)N1CCN(c2ccccn2)CC1. The molecule has 0 unspecified atom stereocenters. The molecule has 0 amide bonds. The molecule has 6 nitrogen and oxygen atoms in total. The van der Waals surface area contributed by atoms with E-state index < -0.39 is 0 Å². The van der Waals surface area contributed by atoms with Gasteiger partial charge in [0.25, 0.3) is 0 Å². The number of nitrogens with zero attached hydrogens (tertiary/aromatic N) is 4. The third-order valence-corrected chi connectivity index (χ3v) is 4.45. The van der Waals surface area contributed by atoms with Gasteiger partial charge in [0.1, 0.15) is 18.2 Å². The lowest BCUT2D eigenvalue weighted by Crippen LogP contribution is -2.53. The second-order valence-electron chi connectivity index (χ2n) is 5.94. The van der Waals surface area contributed by atoms with E-state index in [-0.39, 0.29) is 0 Å². The average Bonchev–Trinajstić information content (AvgIpc) is 2.69. The van der Waals surface area contributed by atoms with Crippen molar-refractivity contribution in [2.45, 2.75) is 0 Å². The van der Waals surface area contributed by atoms with E-state index >= 15 is 0 Å². The average molecular weight is 374 g/mol. The summed E-state index contributed by atoms with van der Waals surface area (Å²) in [5, 5.41) is 4.04. The predicted octanol–water partition coefficient (Wildman–Crippen LogP) is 2.51. The van der Waals surface area contributed by atoms with Crippen LogP contribution >= 0.6 is 11.6 Å². The molecule has 3 rings (SSSR count). The molecule has 1 aromatic heterocycles. The number of hydrogen-bond donors (Lipinski definition) is 1. The van der Waals surface area contributed by atoms with Crippen LogP contribution < -0.4 is 15.0 Å². The van der Waals surface area contributed by atoms with Gasteiger partial charge in [-0.25, -0.2) is 4.98 Å². The highest BCUT2D eigenvalue weighted by molar-refractivity contribution is 6.30. The van der Waals surface area contributed by atoms with Crippen LogP contribution in [0.1, 0.15) is 0 Å². The minimum absolute atomic E-state index is 0.549. The van der Waals surface area contributed by atoms with E-state index in [0.717, 1.165) is 43.7 Å². The molecule has 0 radical (unpaired) electrons. The lowest BCUT2D eigenvalue weighted by molar-refractivity contribution is 0.315. The van der Waals surface area contributed by atoms with E-state index in [1.165, 1.54) is 0 Å². The Morgan fingerprint density at radius 3 is 2.73 bits per heavy atom. The number of halogens is 1. The Hall–Kier alpha value is -2.47. The van der Waals surface area contributed by atoms with E-state index in [0.29, 0.717) is 18.2 Å². The van der Waals surface area contributed by atoms with Crippen molar-refractivity contribution in [3.8, 4) is 5.75 Å². The summed E-state index contributed by atoms with van der Waals surface area (Å²) in [6.45, 7) is 4.90. The molecule has 1 fully saturated rings. The van der Waals surface area contributed by atoms with Crippen molar-refractivity contribution in [3.63, 3.8) is 0 Å². The van der Waals surface area contributed by atoms with E-state index in [2.05, 4.69) is 31.2 Å². The topological polar surface area (TPSA) is 53.0 Å². The molecule has 0 aliphatic carbocycles.